The monoisotopic (exact) mass is 442 g/mol. The van der Waals surface area contributed by atoms with E-state index in [1.807, 2.05) is 29.4 Å². The van der Waals surface area contributed by atoms with Gasteiger partial charge in [0.1, 0.15) is 22.8 Å². The van der Waals surface area contributed by atoms with Crippen molar-refractivity contribution in [3.63, 3.8) is 0 Å². The molecule has 0 aliphatic carbocycles. The summed E-state index contributed by atoms with van der Waals surface area (Å²) in [5, 5.41) is 16.8. The number of likely N-dealkylation sites (N-methyl/N-ethyl adjacent to an activating group) is 1. The van der Waals surface area contributed by atoms with E-state index in [2.05, 4.69) is 21.9 Å². The van der Waals surface area contributed by atoms with Gasteiger partial charge in [-0.15, -0.1) is 0 Å². The highest BCUT2D eigenvalue weighted by Gasteiger charge is 2.33. The number of fused-ring (bicyclic) bond motifs is 1. The topological polar surface area (TPSA) is 68.5 Å². The van der Waals surface area contributed by atoms with Gasteiger partial charge in [0, 0.05) is 43.0 Å². The van der Waals surface area contributed by atoms with Gasteiger partial charge in [-0.2, -0.15) is 18.3 Å². The molecule has 32 heavy (non-hydrogen) atoms. The van der Waals surface area contributed by atoms with E-state index in [9.17, 15) is 18.3 Å². The number of hydrogen-bond donors (Lipinski definition) is 2. The number of aromatic nitrogens is 2. The van der Waals surface area contributed by atoms with E-state index >= 15 is 0 Å². The van der Waals surface area contributed by atoms with Crippen molar-refractivity contribution in [1.29, 1.82) is 0 Å². The van der Waals surface area contributed by atoms with Crippen LogP contribution in [0.5, 0.6) is 5.75 Å². The number of nitrogens with one attached hydrogen (secondary N) is 1. The highest BCUT2D eigenvalue weighted by Crippen LogP contribution is 2.40. The number of phenolic OH excluding ortho intramolecular Hbond substituents is 1. The molecule has 6 nitrogen and oxygen atoms in total. The molecule has 2 aromatic heterocycles. The minimum atomic E-state index is -4.54. The molecule has 0 unspecified atom stereocenters. The molecule has 2 aromatic carbocycles. The van der Waals surface area contributed by atoms with Crippen molar-refractivity contribution >= 4 is 16.7 Å². The Balaban J connectivity index is 1.44. The summed E-state index contributed by atoms with van der Waals surface area (Å²) in [5.41, 5.74) is 1.66. The van der Waals surface area contributed by atoms with Crippen molar-refractivity contribution in [3.05, 3.63) is 54.2 Å². The summed E-state index contributed by atoms with van der Waals surface area (Å²) in [6.45, 7) is 3.99. The van der Waals surface area contributed by atoms with Gasteiger partial charge in [-0.3, -0.25) is 5.10 Å². The standard InChI is InChI=1S/C23H21F3N4O2/c1-29-8-10-30(11-9-29)15-4-2-14(3-5-15)20-12-17-19(32-20)7-6-16(22(17)31)18-13-21(28-27-18)23(24,25)26/h2-7,12-13,31H,8-11H2,1H3,(H,27,28). The van der Waals surface area contributed by atoms with E-state index in [-0.39, 0.29) is 17.0 Å². The predicted molar refractivity (Wildman–Crippen MR) is 116 cm³/mol. The Kier molecular flexibility index (Phi) is 4.85. The van der Waals surface area contributed by atoms with Gasteiger partial charge in [-0.1, -0.05) is 0 Å². The van der Waals surface area contributed by atoms with Gasteiger partial charge in [0.05, 0.1) is 11.1 Å². The van der Waals surface area contributed by atoms with Gasteiger partial charge >= 0.3 is 6.18 Å². The molecule has 1 saturated heterocycles. The molecule has 166 valence electrons. The zero-order chi connectivity index (χ0) is 22.5. The van der Waals surface area contributed by atoms with Crippen LogP contribution in [0.1, 0.15) is 5.69 Å². The fourth-order valence-electron chi connectivity index (χ4n) is 3.95. The van der Waals surface area contributed by atoms with Gasteiger partial charge in [0.15, 0.2) is 0 Å². The molecule has 3 heterocycles. The van der Waals surface area contributed by atoms with Crippen molar-refractivity contribution < 1.29 is 22.7 Å². The fourth-order valence-corrected chi connectivity index (χ4v) is 3.95. The van der Waals surface area contributed by atoms with E-state index in [0.29, 0.717) is 16.7 Å². The van der Waals surface area contributed by atoms with Crippen LogP contribution in [-0.4, -0.2) is 53.4 Å². The van der Waals surface area contributed by atoms with Crippen molar-refractivity contribution in [2.75, 3.05) is 38.1 Å². The van der Waals surface area contributed by atoms with E-state index in [1.54, 1.807) is 12.1 Å². The number of piperazine rings is 1. The van der Waals surface area contributed by atoms with Crippen LogP contribution < -0.4 is 4.90 Å². The summed E-state index contributed by atoms with van der Waals surface area (Å²) in [4.78, 5) is 4.63. The number of aromatic amines is 1. The first-order chi connectivity index (χ1) is 15.3. The number of H-pyrrole nitrogens is 1. The number of rotatable bonds is 3. The number of hydrogen-bond acceptors (Lipinski definition) is 5. The number of halogens is 3. The average molecular weight is 442 g/mol. The Morgan fingerprint density at radius 3 is 2.38 bits per heavy atom. The quantitative estimate of drug-likeness (QED) is 0.469. The van der Waals surface area contributed by atoms with Crippen LogP contribution in [0.2, 0.25) is 0 Å². The molecule has 1 fully saturated rings. The van der Waals surface area contributed by atoms with Crippen LogP contribution in [0.3, 0.4) is 0 Å². The fraction of sp³-hybridized carbons (Fsp3) is 0.261. The molecular weight excluding hydrogens is 421 g/mol. The number of benzene rings is 2. The van der Waals surface area contributed by atoms with E-state index in [0.717, 1.165) is 43.5 Å². The maximum Gasteiger partial charge on any atom is 0.432 e. The molecule has 9 heteroatoms. The largest absolute Gasteiger partial charge is 0.506 e. The lowest BCUT2D eigenvalue weighted by molar-refractivity contribution is -0.141. The third-order valence-corrected chi connectivity index (χ3v) is 5.85. The summed E-state index contributed by atoms with van der Waals surface area (Å²) in [7, 11) is 2.12. The lowest BCUT2D eigenvalue weighted by atomic mass is 10.1. The van der Waals surface area contributed by atoms with Gasteiger partial charge in [0.25, 0.3) is 0 Å². The minimum Gasteiger partial charge on any atom is -0.506 e. The Bertz CT molecular complexity index is 1250. The number of phenols is 1. The highest BCUT2D eigenvalue weighted by molar-refractivity contribution is 5.94. The number of aromatic hydroxyl groups is 1. The van der Waals surface area contributed by atoms with Crippen LogP contribution >= 0.6 is 0 Å². The first-order valence-corrected chi connectivity index (χ1v) is 10.2. The molecule has 0 bridgehead atoms. The minimum absolute atomic E-state index is 0.0102. The summed E-state index contributed by atoms with van der Waals surface area (Å²) in [6.07, 6.45) is -4.54. The van der Waals surface area contributed by atoms with Gasteiger partial charge in [-0.05, 0) is 55.6 Å². The number of anilines is 1. The molecule has 1 aliphatic heterocycles. The molecule has 0 spiro atoms. The molecule has 1 aliphatic rings. The molecule has 0 atom stereocenters. The first kappa shape index (κ1) is 20.4. The smallest absolute Gasteiger partial charge is 0.432 e. The Morgan fingerprint density at radius 2 is 1.72 bits per heavy atom. The highest BCUT2D eigenvalue weighted by atomic mass is 19.4. The summed E-state index contributed by atoms with van der Waals surface area (Å²) < 4.78 is 44.5. The maximum absolute atomic E-state index is 12.9. The second kappa shape index (κ2) is 7.59. The molecule has 2 N–H and O–H groups in total. The summed E-state index contributed by atoms with van der Waals surface area (Å²) in [5.74, 6) is 0.391. The van der Waals surface area contributed by atoms with E-state index < -0.39 is 11.9 Å². The molecule has 0 saturated carbocycles. The van der Waals surface area contributed by atoms with Crippen LogP contribution in [0, 0.1) is 0 Å². The molecule has 0 amide bonds. The Labute approximate surface area is 181 Å². The second-order valence-corrected chi connectivity index (χ2v) is 7.99. The summed E-state index contributed by atoms with van der Waals surface area (Å²) >= 11 is 0. The van der Waals surface area contributed by atoms with Gasteiger partial charge < -0.3 is 19.3 Å². The first-order valence-electron chi connectivity index (χ1n) is 10.2. The van der Waals surface area contributed by atoms with Crippen LogP contribution in [-0.2, 0) is 6.18 Å². The average Bonchev–Trinajstić information content (AvgIpc) is 3.43. The molecule has 4 aromatic rings. The van der Waals surface area contributed by atoms with Gasteiger partial charge in [-0.25, -0.2) is 0 Å². The Hall–Kier alpha value is -3.46. The zero-order valence-corrected chi connectivity index (χ0v) is 17.3. The number of furan rings is 1. The normalized spacial score (nSPS) is 15.6. The van der Waals surface area contributed by atoms with Crippen molar-refractivity contribution in [1.82, 2.24) is 15.1 Å². The molecule has 0 radical (unpaired) electrons. The lowest BCUT2D eigenvalue weighted by Crippen LogP contribution is -2.44. The zero-order valence-electron chi connectivity index (χ0n) is 17.3. The van der Waals surface area contributed by atoms with Crippen LogP contribution in [0.25, 0.3) is 33.6 Å². The molecule has 5 rings (SSSR count). The van der Waals surface area contributed by atoms with Crippen LogP contribution in [0.15, 0.2) is 52.9 Å². The Morgan fingerprint density at radius 1 is 1.00 bits per heavy atom. The second-order valence-electron chi connectivity index (χ2n) is 7.99. The lowest BCUT2D eigenvalue weighted by Gasteiger charge is -2.34. The summed E-state index contributed by atoms with van der Waals surface area (Å²) in [6, 6.07) is 13.7. The third kappa shape index (κ3) is 3.69. The van der Waals surface area contributed by atoms with Crippen molar-refractivity contribution in [2.24, 2.45) is 0 Å². The third-order valence-electron chi connectivity index (χ3n) is 5.85. The predicted octanol–water partition coefficient (Wildman–Crippen LogP) is 4.97. The van der Waals surface area contributed by atoms with Crippen molar-refractivity contribution in [2.45, 2.75) is 6.18 Å². The number of nitrogens with zero attached hydrogens (tertiary/aromatic N) is 3. The van der Waals surface area contributed by atoms with E-state index in [4.69, 9.17) is 4.42 Å². The van der Waals surface area contributed by atoms with Crippen molar-refractivity contribution in [3.8, 4) is 28.3 Å². The van der Waals surface area contributed by atoms with Crippen LogP contribution in [0.4, 0.5) is 18.9 Å². The van der Waals surface area contributed by atoms with E-state index in [1.165, 1.54) is 6.07 Å². The maximum atomic E-state index is 12.9. The SMILES string of the molecule is CN1CCN(c2ccc(-c3cc4c(O)c(-c5cc(C(F)(F)F)[nH]n5)ccc4o3)cc2)CC1. The van der Waals surface area contributed by atoms with Gasteiger partial charge in [0.2, 0.25) is 0 Å². The number of alkyl halides is 3. The molecular formula is C23H21F3N4O2.